The number of nitrogens with zero attached hydrogens (tertiary/aromatic N) is 3. The van der Waals surface area contributed by atoms with E-state index in [4.69, 9.17) is 22.1 Å². The number of carbonyl (C=O) groups is 1. The third kappa shape index (κ3) is 3.40. The monoisotopic (exact) mass is 422 g/mol. The number of esters is 1. The number of hydrogen-bond donors (Lipinski definition) is 1. The lowest BCUT2D eigenvalue weighted by atomic mass is 9.86. The molecule has 2 aromatic heterocycles. The van der Waals surface area contributed by atoms with E-state index in [0.717, 1.165) is 53.3 Å². The SMILES string of the molecule is COC(=O)C1CCC(n2cc(-c3cncc(N)c3Cl)c3cc(C#N)c(C)cc32)CC1. The third-order valence-electron chi connectivity index (χ3n) is 6.12. The van der Waals surface area contributed by atoms with Crippen molar-refractivity contribution >= 4 is 34.2 Å². The second kappa shape index (κ2) is 8.00. The number of ether oxygens (including phenoxy) is 1. The molecule has 154 valence electrons. The van der Waals surface area contributed by atoms with Gasteiger partial charge in [-0.3, -0.25) is 9.78 Å². The maximum atomic E-state index is 11.9. The van der Waals surface area contributed by atoms with Crippen LogP contribution in [0.2, 0.25) is 5.02 Å². The van der Waals surface area contributed by atoms with Crippen molar-refractivity contribution in [1.82, 2.24) is 9.55 Å². The van der Waals surface area contributed by atoms with E-state index in [1.165, 1.54) is 13.3 Å². The minimum atomic E-state index is -0.126. The molecule has 0 radical (unpaired) electrons. The predicted octanol–water partition coefficient (Wildman–Crippen LogP) is 5.02. The topological polar surface area (TPSA) is 93.9 Å². The average molecular weight is 423 g/mol. The molecule has 1 saturated carbocycles. The second-order valence-corrected chi connectivity index (χ2v) is 8.24. The summed E-state index contributed by atoms with van der Waals surface area (Å²) in [5.74, 6) is -0.161. The van der Waals surface area contributed by atoms with Gasteiger partial charge in [-0.1, -0.05) is 11.6 Å². The fourth-order valence-electron chi connectivity index (χ4n) is 4.44. The first-order valence-corrected chi connectivity index (χ1v) is 10.3. The number of nitriles is 1. The molecule has 0 bridgehead atoms. The first-order chi connectivity index (χ1) is 14.4. The maximum absolute atomic E-state index is 11.9. The van der Waals surface area contributed by atoms with Crippen LogP contribution in [0.4, 0.5) is 5.69 Å². The Hall–Kier alpha value is -3.04. The number of nitrogens with two attached hydrogens (primary N) is 1. The van der Waals surface area contributed by atoms with E-state index in [9.17, 15) is 10.1 Å². The van der Waals surface area contributed by atoms with Gasteiger partial charge < -0.3 is 15.0 Å². The van der Waals surface area contributed by atoms with Crippen molar-refractivity contribution in [2.45, 2.75) is 38.6 Å². The molecular formula is C23H23ClN4O2. The normalized spacial score (nSPS) is 18.9. The molecule has 1 fully saturated rings. The Kier molecular flexibility index (Phi) is 5.40. The summed E-state index contributed by atoms with van der Waals surface area (Å²) in [6.45, 7) is 1.94. The summed E-state index contributed by atoms with van der Waals surface area (Å²) in [4.78, 5) is 16.1. The van der Waals surface area contributed by atoms with Crippen LogP contribution >= 0.6 is 11.6 Å². The zero-order valence-electron chi connectivity index (χ0n) is 17.0. The summed E-state index contributed by atoms with van der Waals surface area (Å²) >= 11 is 6.51. The molecule has 1 aliphatic carbocycles. The number of fused-ring (bicyclic) bond motifs is 1. The van der Waals surface area contributed by atoms with Gasteiger partial charge in [0, 0.05) is 40.5 Å². The van der Waals surface area contributed by atoms with Crippen LogP contribution in [0, 0.1) is 24.2 Å². The van der Waals surface area contributed by atoms with Crippen molar-refractivity contribution < 1.29 is 9.53 Å². The lowest BCUT2D eigenvalue weighted by molar-refractivity contribution is -0.146. The third-order valence-corrected chi connectivity index (χ3v) is 6.54. The number of benzene rings is 1. The molecule has 2 N–H and O–H groups in total. The summed E-state index contributed by atoms with van der Waals surface area (Å²) in [7, 11) is 1.44. The minimum Gasteiger partial charge on any atom is -0.469 e. The van der Waals surface area contributed by atoms with Gasteiger partial charge in [-0.15, -0.1) is 0 Å². The van der Waals surface area contributed by atoms with Crippen LogP contribution in [0.3, 0.4) is 0 Å². The molecular weight excluding hydrogens is 400 g/mol. The number of methoxy groups -OCH3 is 1. The summed E-state index contributed by atoms with van der Waals surface area (Å²) < 4.78 is 7.17. The minimum absolute atomic E-state index is 0.0351. The van der Waals surface area contributed by atoms with Gasteiger partial charge in [0.2, 0.25) is 0 Å². The Bertz CT molecular complexity index is 1170. The van der Waals surface area contributed by atoms with Gasteiger partial charge in [-0.2, -0.15) is 5.26 Å². The van der Waals surface area contributed by atoms with Crippen LogP contribution < -0.4 is 5.73 Å². The van der Waals surface area contributed by atoms with E-state index >= 15 is 0 Å². The lowest BCUT2D eigenvalue weighted by Crippen LogP contribution is -2.24. The number of nitrogen functional groups attached to an aromatic ring is 1. The molecule has 7 heteroatoms. The van der Waals surface area contributed by atoms with E-state index in [0.29, 0.717) is 16.3 Å². The first kappa shape index (κ1) is 20.2. The number of anilines is 1. The van der Waals surface area contributed by atoms with Crippen molar-refractivity contribution in [1.29, 1.82) is 5.26 Å². The Balaban J connectivity index is 1.83. The molecule has 0 spiro atoms. The highest BCUT2D eigenvalue weighted by Crippen LogP contribution is 2.42. The van der Waals surface area contributed by atoms with Crippen LogP contribution in [-0.2, 0) is 9.53 Å². The molecule has 6 nitrogen and oxygen atoms in total. The van der Waals surface area contributed by atoms with Gasteiger partial charge in [-0.25, -0.2) is 0 Å². The van der Waals surface area contributed by atoms with E-state index in [2.05, 4.69) is 27.9 Å². The molecule has 0 amide bonds. The van der Waals surface area contributed by atoms with Crippen LogP contribution in [0.1, 0.15) is 42.9 Å². The second-order valence-electron chi connectivity index (χ2n) is 7.87. The van der Waals surface area contributed by atoms with Gasteiger partial charge >= 0.3 is 5.97 Å². The number of aryl methyl sites for hydroxylation is 1. The highest BCUT2D eigenvalue weighted by atomic mass is 35.5. The number of rotatable bonds is 3. The number of carbonyl (C=O) groups excluding carboxylic acids is 1. The van der Waals surface area contributed by atoms with Crippen molar-refractivity contribution in [2.75, 3.05) is 12.8 Å². The molecule has 1 aromatic carbocycles. The largest absolute Gasteiger partial charge is 0.469 e. The van der Waals surface area contributed by atoms with Crippen LogP contribution in [0.5, 0.6) is 0 Å². The van der Waals surface area contributed by atoms with Crippen molar-refractivity contribution in [3.05, 3.63) is 46.9 Å². The number of pyridine rings is 1. The smallest absolute Gasteiger partial charge is 0.308 e. The van der Waals surface area contributed by atoms with Crippen molar-refractivity contribution in [3.63, 3.8) is 0 Å². The Labute approximate surface area is 180 Å². The summed E-state index contributed by atoms with van der Waals surface area (Å²) in [6.07, 6.45) is 8.67. The lowest BCUT2D eigenvalue weighted by Gasteiger charge is -2.28. The van der Waals surface area contributed by atoms with Crippen LogP contribution in [0.25, 0.3) is 22.0 Å². The standard InChI is InChI=1S/C23H23ClN4O2/c1-13-7-21-17(8-15(13)9-25)19(18-10-27-11-20(26)22(18)24)12-28(21)16-5-3-14(4-6-16)23(29)30-2/h7-8,10-12,14,16H,3-6,26H2,1-2H3. The summed E-state index contributed by atoms with van der Waals surface area (Å²) in [6, 6.07) is 6.49. The summed E-state index contributed by atoms with van der Waals surface area (Å²) in [5, 5.41) is 10.9. The van der Waals surface area contributed by atoms with Gasteiger partial charge in [0.25, 0.3) is 0 Å². The number of aromatic nitrogens is 2. The maximum Gasteiger partial charge on any atom is 0.308 e. The Morgan fingerprint density at radius 2 is 2.00 bits per heavy atom. The fraction of sp³-hybridized carbons (Fsp3) is 0.348. The van der Waals surface area contributed by atoms with Crippen molar-refractivity contribution in [3.8, 4) is 17.2 Å². The number of hydrogen-bond acceptors (Lipinski definition) is 5. The number of halogens is 1. The molecule has 0 saturated heterocycles. The van der Waals surface area contributed by atoms with E-state index in [1.807, 2.05) is 13.0 Å². The highest BCUT2D eigenvalue weighted by Gasteiger charge is 2.29. The van der Waals surface area contributed by atoms with Gasteiger partial charge in [0.15, 0.2) is 0 Å². The Morgan fingerprint density at radius 3 is 2.67 bits per heavy atom. The van der Waals surface area contributed by atoms with E-state index in [1.54, 1.807) is 6.20 Å². The molecule has 0 atom stereocenters. The van der Waals surface area contributed by atoms with Crippen molar-refractivity contribution in [2.24, 2.45) is 5.92 Å². The van der Waals surface area contributed by atoms with Gasteiger partial charge in [-0.05, 0) is 50.3 Å². The first-order valence-electron chi connectivity index (χ1n) is 9.97. The van der Waals surface area contributed by atoms with E-state index < -0.39 is 0 Å². The average Bonchev–Trinajstić information content (AvgIpc) is 3.12. The quantitative estimate of drug-likeness (QED) is 0.598. The Morgan fingerprint density at radius 1 is 1.27 bits per heavy atom. The highest BCUT2D eigenvalue weighted by molar-refractivity contribution is 6.36. The molecule has 4 rings (SSSR count). The zero-order chi connectivity index (χ0) is 21.4. The zero-order valence-corrected chi connectivity index (χ0v) is 17.7. The molecule has 0 aliphatic heterocycles. The van der Waals surface area contributed by atoms with Crippen LogP contribution in [0.15, 0.2) is 30.7 Å². The van der Waals surface area contributed by atoms with E-state index in [-0.39, 0.29) is 17.9 Å². The fourth-order valence-corrected chi connectivity index (χ4v) is 4.64. The molecule has 30 heavy (non-hydrogen) atoms. The van der Waals surface area contributed by atoms with Gasteiger partial charge in [0.05, 0.1) is 41.6 Å². The van der Waals surface area contributed by atoms with Crippen LogP contribution in [-0.4, -0.2) is 22.6 Å². The molecule has 0 unspecified atom stereocenters. The summed E-state index contributed by atoms with van der Waals surface area (Å²) in [5.41, 5.74) is 10.7. The molecule has 1 aliphatic rings. The predicted molar refractivity (Wildman–Crippen MR) is 117 cm³/mol. The molecule has 3 aromatic rings. The van der Waals surface area contributed by atoms with Gasteiger partial charge in [0.1, 0.15) is 0 Å². The molecule has 2 heterocycles.